The molecule has 7 heteroatoms. The van der Waals surface area contributed by atoms with Crippen molar-refractivity contribution < 1.29 is 13.2 Å². The summed E-state index contributed by atoms with van der Waals surface area (Å²) in [6.07, 6.45) is 7.20. The molecule has 0 bridgehead atoms. The van der Waals surface area contributed by atoms with Gasteiger partial charge < -0.3 is 4.90 Å². The Kier molecular flexibility index (Phi) is 4.84. The van der Waals surface area contributed by atoms with E-state index < -0.39 is 10.0 Å². The summed E-state index contributed by atoms with van der Waals surface area (Å²) in [5.41, 5.74) is 0. The van der Waals surface area contributed by atoms with Crippen LogP contribution in [-0.4, -0.2) is 37.9 Å². The molecule has 1 saturated carbocycles. The molecule has 1 saturated heterocycles. The molecule has 122 valence electrons. The van der Waals surface area contributed by atoms with E-state index >= 15 is 0 Å². The van der Waals surface area contributed by atoms with E-state index in [9.17, 15) is 13.2 Å². The maximum atomic E-state index is 12.3. The zero-order chi connectivity index (χ0) is 15.6. The van der Waals surface area contributed by atoms with Gasteiger partial charge in [0.2, 0.25) is 15.9 Å². The summed E-state index contributed by atoms with van der Waals surface area (Å²) in [7, 11) is -3.50. The second-order valence-corrected chi connectivity index (χ2v) is 8.67. The fourth-order valence-corrected chi connectivity index (χ4v) is 5.68. The minimum absolute atomic E-state index is 0.0879. The molecule has 2 fully saturated rings. The van der Waals surface area contributed by atoms with Gasteiger partial charge in [-0.15, -0.1) is 0 Å². The topological polar surface area (TPSA) is 66.5 Å². The Labute approximate surface area is 135 Å². The first-order valence-electron chi connectivity index (χ1n) is 7.90. The molecular formula is C15H22N2O3S2. The highest BCUT2D eigenvalue weighted by molar-refractivity contribution is 7.89. The molecule has 22 heavy (non-hydrogen) atoms. The minimum atomic E-state index is -3.50. The van der Waals surface area contributed by atoms with Gasteiger partial charge in [0.25, 0.3) is 0 Å². The van der Waals surface area contributed by atoms with Gasteiger partial charge in [0.1, 0.15) is 0 Å². The average molecular weight is 342 g/mol. The molecule has 2 heterocycles. The largest absolute Gasteiger partial charge is 0.338 e. The molecule has 5 nitrogen and oxygen atoms in total. The second kappa shape index (κ2) is 6.68. The van der Waals surface area contributed by atoms with Crippen molar-refractivity contribution in [2.45, 2.75) is 61.9 Å². The maximum absolute atomic E-state index is 12.3. The Morgan fingerprint density at radius 2 is 1.91 bits per heavy atom. The number of nitrogens with zero attached hydrogens (tertiary/aromatic N) is 1. The molecule has 1 aliphatic heterocycles. The number of sulfonamides is 1. The molecule has 0 radical (unpaired) electrons. The summed E-state index contributed by atoms with van der Waals surface area (Å²) in [6.45, 7) is 0.507. The van der Waals surface area contributed by atoms with Crippen molar-refractivity contribution in [2.24, 2.45) is 0 Å². The van der Waals surface area contributed by atoms with E-state index in [4.69, 9.17) is 0 Å². The number of carbonyl (C=O) groups is 1. The molecule has 2 aliphatic rings. The van der Waals surface area contributed by atoms with Crippen molar-refractivity contribution in [1.82, 2.24) is 9.62 Å². The van der Waals surface area contributed by atoms with E-state index in [1.807, 2.05) is 4.90 Å². The lowest BCUT2D eigenvalue weighted by atomic mass is 10.1. The van der Waals surface area contributed by atoms with E-state index in [1.165, 1.54) is 37.0 Å². The third-order valence-electron chi connectivity index (χ3n) is 4.55. The predicted molar refractivity (Wildman–Crippen MR) is 86.2 cm³/mol. The molecule has 1 aliphatic carbocycles. The zero-order valence-electron chi connectivity index (χ0n) is 12.5. The quantitative estimate of drug-likeness (QED) is 0.854. The van der Waals surface area contributed by atoms with Gasteiger partial charge in [-0.3, -0.25) is 4.79 Å². The molecule has 0 aromatic carbocycles. The number of thiophene rings is 1. The normalized spacial score (nSPS) is 24.6. The number of hydrogen-bond donors (Lipinski definition) is 1. The summed E-state index contributed by atoms with van der Waals surface area (Å²) in [5.74, 6) is 0.0879. The summed E-state index contributed by atoms with van der Waals surface area (Å²) in [4.78, 5) is 14.5. The van der Waals surface area contributed by atoms with Crippen molar-refractivity contribution in [3.8, 4) is 0 Å². The molecule has 1 amide bonds. The Morgan fingerprint density at radius 3 is 2.55 bits per heavy atom. The lowest BCUT2D eigenvalue weighted by Crippen LogP contribution is -2.40. The van der Waals surface area contributed by atoms with Gasteiger partial charge in [-0.1, -0.05) is 25.7 Å². The Bertz CT molecular complexity index is 605. The monoisotopic (exact) mass is 342 g/mol. The van der Waals surface area contributed by atoms with Crippen LogP contribution in [0.4, 0.5) is 0 Å². The van der Waals surface area contributed by atoms with Crippen LogP contribution in [0.1, 0.15) is 44.9 Å². The van der Waals surface area contributed by atoms with Gasteiger partial charge in [0.05, 0.1) is 4.90 Å². The highest BCUT2D eigenvalue weighted by atomic mass is 32.2. The van der Waals surface area contributed by atoms with Crippen LogP contribution in [0.5, 0.6) is 0 Å². The third kappa shape index (κ3) is 3.52. The molecule has 1 atom stereocenters. The lowest BCUT2D eigenvalue weighted by Gasteiger charge is -2.27. The smallest absolute Gasteiger partial charge is 0.241 e. The predicted octanol–water partition coefficient (Wildman–Crippen LogP) is 2.35. The maximum Gasteiger partial charge on any atom is 0.241 e. The van der Waals surface area contributed by atoms with E-state index in [0.717, 1.165) is 12.8 Å². The van der Waals surface area contributed by atoms with Gasteiger partial charge in [-0.2, -0.15) is 11.3 Å². The van der Waals surface area contributed by atoms with Gasteiger partial charge in [0, 0.05) is 30.4 Å². The van der Waals surface area contributed by atoms with Crippen LogP contribution in [-0.2, 0) is 14.8 Å². The number of amides is 1. The minimum Gasteiger partial charge on any atom is -0.338 e. The van der Waals surface area contributed by atoms with Crippen LogP contribution in [0.25, 0.3) is 0 Å². The average Bonchev–Trinajstić information content (AvgIpc) is 3.03. The molecule has 1 unspecified atom stereocenters. The first-order valence-corrected chi connectivity index (χ1v) is 10.3. The molecule has 3 rings (SSSR count). The third-order valence-corrected chi connectivity index (χ3v) is 6.90. The van der Waals surface area contributed by atoms with E-state index in [2.05, 4.69) is 4.72 Å². The van der Waals surface area contributed by atoms with Gasteiger partial charge in [-0.05, 0) is 24.3 Å². The number of nitrogens with one attached hydrogen (secondary N) is 1. The van der Waals surface area contributed by atoms with E-state index in [0.29, 0.717) is 12.6 Å². The highest BCUT2D eigenvalue weighted by Gasteiger charge is 2.36. The van der Waals surface area contributed by atoms with Crippen molar-refractivity contribution >= 4 is 27.3 Å². The van der Waals surface area contributed by atoms with Gasteiger partial charge in [0.15, 0.2) is 0 Å². The summed E-state index contributed by atoms with van der Waals surface area (Å²) in [6, 6.07) is 1.58. The molecular weight excluding hydrogens is 320 g/mol. The van der Waals surface area contributed by atoms with Crippen LogP contribution in [0.15, 0.2) is 21.7 Å². The fraction of sp³-hybridized carbons (Fsp3) is 0.667. The first kappa shape index (κ1) is 16.0. The van der Waals surface area contributed by atoms with Crippen LogP contribution in [0.2, 0.25) is 0 Å². The summed E-state index contributed by atoms with van der Waals surface area (Å²) < 4.78 is 27.2. The molecule has 1 aromatic heterocycles. The van der Waals surface area contributed by atoms with Crippen LogP contribution >= 0.6 is 11.3 Å². The van der Waals surface area contributed by atoms with Gasteiger partial charge >= 0.3 is 0 Å². The standard InChI is InChI=1S/C15H22N2O3S2/c18-15-9-12(16-22(19,20)14-7-8-21-11-14)10-17(15)13-5-3-1-2-4-6-13/h7-8,11-13,16H,1-6,9-10H2. The number of rotatable bonds is 4. The van der Waals surface area contributed by atoms with Crippen LogP contribution in [0.3, 0.4) is 0 Å². The Hall–Kier alpha value is -0.920. The van der Waals surface area contributed by atoms with Crippen molar-refractivity contribution in [2.75, 3.05) is 6.54 Å². The summed E-state index contributed by atoms with van der Waals surface area (Å²) >= 11 is 1.35. The molecule has 0 spiro atoms. The molecule has 1 aromatic rings. The fourth-order valence-electron chi connectivity index (χ4n) is 3.43. The number of hydrogen-bond acceptors (Lipinski definition) is 4. The first-order chi connectivity index (χ1) is 10.6. The van der Waals surface area contributed by atoms with Crippen LogP contribution < -0.4 is 4.72 Å². The highest BCUT2D eigenvalue weighted by Crippen LogP contribution is 2.26. The SMILES string of the molecule is O=C1CC(NS(=O)(=O)c2ccsc2)CN1C1CCCCCC1. The van der Waals surface area contributed by atoms with Gasteiger partial charge in [-0.25, -0.2) is 13.1 Å². The summed E-state index contributed by atoms with van der Waals surface area (Å²) in [5, 5.41) is 3.36. The number of likely N-dealkylation sites (tertiary alicyclic amines) is 1. The van der Waals surface area contributed by atoms with Crippen molar-refractivity contribution in [1.29, 1.82) is 0 Å². The Balaban J connectivity index is 1.64. The Morgan fingerprint density at radius 1 is 1.18 bits per heavy atom. The molecule has 1 N–H and O–H groups in total. The lowest BCUT2D eigenvalue weighted by molar-refractivity contribution is -0.129. The van der Waals surface area contributed by atoms with Crippen molar-refractivity contribution in [3.05, 3.63) is 16.8 Å². The second-order valence-electron chi connectivity index (χ2n) is 6.17. The van der Waals surface area contributed by atoms with Crippen LogP contribution in [0, 0.1) is 0 Å². The number of carbonyl (C=O) groups excluding carboxylic acids is 1. The van der Waals surface area contributed by atoms with E-state index in [1.54, 1.807) is 16.8 Å². The van der Waals surface area contributed by atoms with E-state index in [-0.39, 0.29) is 23.3 Å². The van der Waals surface area contributed by atoms with Crippen molar-refractivity contribution in [3.63, 3.8) is 0 Å². The zero-order valence-corrected chi connectivity index (χ0v) is 14.2.